The van der Waals surface area contributed by atoms with Crippen molar-refractivity contribution in [3.8, 4) is 11.3 Å². The minimum atomic E-state index is 0. The van der Waals surface area contributed by atoms with Crippen molar-refractivity contribution >= 4 is 47.8 Å². The van der Waals surface area contributed by atoms with E-state index in [2.05, 4.69) is 10.7 Å². The average Bonchev–Trinajstić information content (AvgIpc) is 2.90. The van der Waals surface area contributed by atoms with E-state index in [1.165, 1.54) is 17.8 Å². The zero-order valence-corrected chi connectivity index (χ0v) is 14.0. The Labute approximate surface area is 140 Å². The maximum absolute atomic E-state index is 5.90. The van der Waals surface area contributed by atoms with Gasteiger partial charge in [-0.3, -0.25) is 0 Å². The molecule has 20 heavy (non-hydrogen) atoms. The topological polar surface area (TPSA) is 24.9 Å². The maximum Gasteiger partial charge on any atom is 0.0964 e. The first-order valence-electron chi connectivity index (χ1n) is 6.25. The molecule has 6 heteroatoms. The van der Waals surface area contributed by atoms with Gasteiger partial charge in [0.15, 0.2) is 0 Å². The number of rotatable bonds is 2. The summed E-state index contributed by atoms with van der Waals surface area (Å²) >= 11 is 7.68. The van der Waals surface area contributed by atoms with E-state index in [9.17, 15) is 0 Å². The summed E-state index contributed by atoms with van der Waals surface area (Å²) in [5.41, 5.74) is 2.22. The van der Waals surface area contributed by atoms with Crippen molar-refractivity contribution in [3.63, 3.8) is 0 Å². The zero-order chi connectivity index (χ0) is 12.4. The van der Waals surface area contributed by atoms with Gasteiger partial charge < -0.3 is 5.32 Å². The van der Waals surface area contributed by atoms with Crippen molar-refractivity contribution in [2.45, 2.75) is 18.8 Å². The smallest absolute Gasteiger partial charge is 0.0964 e. The fourth-order valence-corrected chi connectivity index (χ4v) is 3.42. The number of hydrogen-bond donors (Lipinski definition) is 1. The molecule has 0 amide bonds. The van der Waals surface area contributed by atoms with Gasteiger partial charge in [-0.1, -0.05) is 23.7 Å². The van der Waals surface area contributed by atoms with Crippen molar-refractivity contribution in [3.05, 3.63) is 39.7 Å². The van der Waals surface area contributed by atoms with Crippen molar-refractivity contribution in [1.82, 2.24) is 10.3 Å². The van der Waals surface area contributed by atoms with Crippen LogP contribution in [-0.4, -0.2) is 18.1 Å². The third-order valence-corrected chi connectivity index (χ3v) is 4.61. The molecule has 0 bridgehead atoms. The maximum atomic E-state index is 5.90. The second-order valence-corrected chi connectivity index (χ2v) is 5.93. The van der Waals surface area contributed by atoms with E-state index in [4.69, 9.17) is 16.6 Å². The van der Waals surface area contributed by atoms with Gasteiger partial charge in [-0.05, 0) is 38.1 Å². The van der Waals surface area contributed by atoms with E-state index in [0.717, 1.165) is 29.4 Å². The quantitative estimate of drug-likeness (QED) is 0.842. The molecule has 0 radical (unpaired) electrons. The lowest BCUT2D eigenvalue weighted by Crippen LogP contribution is -2.26. The highest BCUT2D eigenvalue weighted by Gasteiger charge is 2.18. The number of hydrogen-bond acceptors (Lipinski definition) is 3. The van der Waals surface area contributed by atoms with Crippen LogP contribution in [0.2, 0.25) is 5.02 Å². The first kappa shape index (κ1) is 17.7. The molecule has 0 atom stereocenters. The van der Waals surface area contributed by atoms with Crippen LogP contribution in [0.15, 0.2) is 29.6 Å². The van der Waals surface area contributed by atoms with E-state index < -0.39 is 0 Å². The lowest BCUT2D eigenvalue weighted by atomic mass is 9.99. The Hall–Kier alpha value is -0.320. The van der Waals surface area contributed by atoms with E-state index in [1.54, 1.807) is 11.3 Å². The number of benzene rings is 1. The fraction of sp³-hybridized carbons (Fsp3) is 0.357. The third-order valence-electron chi connectivity index (χ3n) is 3.35. The van der Waals surface area contributed by atoms with Crippen molar-refractivity contribution in [2.24, 2.45) is 0 Å². The lowest BCUT2D eigenvalue weighted by molar-refractivity contribution is 0.459. The molecule has 2 nitrogen and oxygen atoms in total. The molecule has 110 valence electrons. The van der Waals surface area contributed by atoms with Gasteiger partial charge in [0.25, 0.3) is 0 Å². The predicted octanol–water partition coefficient (Wildman–Crippen LogP) is 4.77. The molecule has 1 aromatic carbocycles. The Morgan fingerprint density at radius 3 is 2.40 bits per heavy atom. The van der Waals surface area contributed by atoms with Crippen molar-refractivity contribution < 1.29 is 0 Å². The Kier molecular flexibility index (Phi) is 7.27. The Balaban J connectivity index is 0.000001000. The lowest BCUT2D eigenvalue weighted by Gasteiger charge is -2.20. The normalized spacial score (nSPS) is 15.2. The molecule has 3 rings (SSSR count). The second-order valence-electron chi connectivity index (χ2n) is 4.60. The van der Waals surface area contributed by atoms with Crippen LogP contribution in [0, 0.1) is 0 Å². The number of halogens is 3. The molecule has 2 heterocycles. The molecule has 0 unspecified atom stereocenters. The largest absolute Gasteiger partial charge is 0.317 e. The third kappa shape index (κ3) is 4.09. The molecule has 2 aromatic rings. The van der Waals surface area contributed by atoms with Crippen LogP contribution in [0.1, 0.15) is 23.8 Å². The Morgan fingerprint density at radius 2 is 1.75 bits per heavy atom. The molecular weight excluding hydrogens is 335 g/mol. The number of aromatic nitrogens is 1. The summed E-state index contributed by atoms with van der Waals surface area (Å²) in [7, 11) is 0. The number of nitrogens with zero attached hydrogens (tertiary/aromatic N) is 1. The molecule has 1 aromatic heterocycles. The molecule has 0 spiro atoms. The summed E-state index contributed by atoms with van der Waals surface area (Å²) < 4.78 is 0. The zero-order valence-electron chi connectivity index (χ0n) is 10.8. The summed E-state index contributed by atoms with van der Waals surface area (Å²) in [4.78, 5) is 4.78. The average molecular weight is 352 g/mol. The van der Waals surface area contributed by atoms with Crippen LogP contribution in [0.3, 0.4) is 0 Å². The first-order chi connectivity index (χ1) is 8.83. The second kappa shape index (κ2) is 8.20. The van der Waals surface area contributed by atoms with Crippen LogP contribution >= 0.6 is 47.8 Å². The molecule has 1 aliphatic heterocycles. The summed E-state index contributed by atoms with van der Waals surface area (Å²) in [6, 6.07) is 7.90. The van der Waals surface area contributed by atoms with Gasteiger partial charge in [0.05, 0.1) is 10.7 Å². The van der Waals surface area contributed by atoms with Gasteiger partial charge in [0.1, 0.15) is 0 Å². The van der Waals surface area contributed by atoms with Gasteiger partial charge in [0, 0.05) is 21.9 Å². The van der Waals surface area contributed by atoms with Gasteiger partial charge in [-0.15, -0.1) is 36.2 Å². The number of thiazole rings is 1. The van der Waals surface area contributed by atoms with Gasteiger partial charge >= 0.3 is 0 Å². The molecular formula is C14H17Cl3N2S. The molecule has 1 aliphatic rings. The molecule has 1 fully saturated rings. The fourth-order valence-electron chi connectivity index (χ4n) is 2.30. The number of piperidine rings is 1. The SMILES string of the molecule is Cl.Cl.Clc1ccc(-c2csc(C3CCNCC3)n2)cc1. The molecule has 0 saturated carbocycles. The van der Waals surface area contributed by atoms with Crippen LogP contribution < -0.4 is 5.32 Å². The highest BCUT2D eigenvalue weighted by Crippen LogP contribution is 2.31. The highest BCUT2D eigenvalue weighted by molar-refractivity contribution is 7.10. The highest BCUT2D eigenvalue weighted by atomic mass is 35.5. The minimum absolute atomic E-state index is 0. The van der Waals surface area contributed by atoms with E-state index in [-0.39, 0.29) is 24.8 Å². The molecule has 1 N–H and O–H groups in total. The summed E-state index contributed by atoms with van der Waals surface area (Å²) in [6.45, 7) is 2.22. The van der Waals surface area contributed by atoms with E-state index >= 15 is 0 Å². The summed E-state index contributed by atoms with van der Waals surface area (Å²) in [5, 5.41) is 7.59. The minimum Gasteiger partial charge on any atom is -0.317 e. The van der Waals surface area contributed by atoms with Crippen LogP contribution in [0.25, 0.3) is 11.3 Å². The van der Waals surface area contributed by atoms with Gasteiger partial charge in [-0.25, -0.2) is 4.98 Å². The Bertz CT molecular complexity index is 521. The van der Waals surface area contributed by atoms with E-state index in [1.807, 2.05) is 24.3 Å². The van der Waals surface area contributed by atoms with E-state index in [0.29, 0.717) is 5.92 Å². The van der Waals surface area contributed by atoms with Crippen LogP contribution in [-0.2, 0) is 0 Å². The first-order valence-corrected chi connectivity index (χ1v) is 7.51. The van der Waals surface area contributed by atoms with Crippen molar-refractivity contribution in [2.75, 3.05) is 13.1 Å². The van der Waals surface area contributed by atoms with Crippen molar-refractivity contribution in [1.29, 1.82) is 0 Å². The van der Waals surface area contributed by atoms with Gasteiger partial charge in [0.2, 0.25) is 0 Å². The predicted molar refractivity (Wildman–Crippen MR) is 91.9 cm³/mol. The molecule has 0 aliphatic carbocycles. The Morgan fingerprint density at radius 1 is 1.10 bits per heavy atom. The molecule has 1 saturated heterocycles. The summed E-state index contributed by atoms with van der Waals surface area (Å²) in [6.07, 6.45) is 2.40. The monoisotopic (exact) mass is 350 g/mol. The van der Waals surface area contributed by atoms with Crippen LogP contribution in [0.4, 0.5) is 0 Å². The van der Waals surface area contributed by atoms with Gasteiger partial charge in [-0.2, -0.15) is 0 Å². The van der Waals surface area contributed by atoms with Crippen LogP contribution in [0.5, 0.6) is 0 Å². The summed E-state index contributed by atoms with van der Waals surface area (Å²) in [5.74, 6) is 0.636. The number of nitrogens with one attached hydrogen (secondary N) is 1. The standard InChI is InChI=1S/C14H15ClN2S.2ClH/c15-12-3-1-10(2-4-12)13-9-18-14(17-13)11-5-7-16-8-6-11;;/h1-4,9,11,16H,5-8H2;2*1H.